The molecule has 0 radical (unpaired) electrons. The molecule has 1 rings (SSSR count). The molecule has 20 heavy (non-hydrogen) atoms. The van der Waals surface area contributed by atoms with Gasteiger partial charge in [0.15, 0.2) is 5.84 Å². The first kappa shape index (κ1) is 16.8. The van der Waals surface area contributed by atoms with Crippen molar-refractivity contribution in [1.29, 1.82) is 0 Å². The van der Waals surface area contributed by atoms with Gasteiger partial charge in [0, 0.05) is 32.2 Å². The highest BCUT2D eigenvalue weighted by Gasteiger charge is 2.40. The Morgan fingerprint density at radius 3 is 2.30 bits per heavy atom. The summed E-state index contributed by atoms with van der Waals surface area (Å²) in [7, 11) is 0. The minimum absolute atomic E-state index is 0.00523. The van der Waals surface area contributed by atoms with Crippen molar-refractivity contribution < 1.29 is 10.0 Å². The molecule has 0 aromatic heterocycles. The zero-order chi connectivity index (χ0) is 15.3. The fourth-order valence-corrected chi connectivity index (χ4v) is 2.53. The standard InChI is InChI=1S/C14H28N4O2/c1-5-11(3)17-7-9-18(10-8-17)13(19)14(4,6-2)12(15)16-20/h11,20H,5-10H2,1-4H3,(H2,15,16). The molecule has 1 saturated heterocycles. The summed E-state index contributed by atoms with van der Waals surface area (Å²) in [6.07, 6.45) is 1.64. The number of amidine groups is 1. The lowest BCUT2D eigenvalue weighted by molar-refractivity contribution is -0.140. The van der Waals surface area contributed by atoms with Gasteiger partial charge in [-0.15, -0.1) is 0 Å². The molecule has 0 saturated carbocycles. The van der Waals surface area contributed by atoms with Crippen molar-refractivity contribution in [3.05, 3.63) is 0 Å². The molecule has 2 unspecified atom stereocenters. The third-order valence-corrected chi connectivity index (χ3v) is 4.67. The van der Waals surface area contributed by atoms with Gasteiger partial charge in [-0.1, -0.05) is 19.0 Å². The van der Waals surface area contributed by atoms with Crippen LogP contribution >= 0.6 is 0 Å². The molecule has 6 nitrogen and oxygen atoms in total. The van der Waals surface area contributed by atoms with E-state index in [-0.39, 0.29) is 11.7 Å². The molecule has 2 atom stereocenters. The summed E-state index contributed by atoms with van der Waals surface area (Å²) >= 11 is 0. The molecule has 1 heterocycles. The van der Waals surface area contributed by atoms with Crippen LogP contribution in [0.3, 0.4) is 0 Å². The maximum absolute atomic E-state index is 12.6. The predicted octanol–water partition coefficient (Wildman–Crippen LogP) is 1.09. The predicted molar refractivity (Wildman–Crippen MR) is 79.7 cm³/mol. The Labute approximate surface area is 121 Å². The number of amides is 1. The smallest absolute Gasteiger partial charge is 0.236 e. The molecule has 0 aromatic rings. The normalized spacial score (nSPS) is 22.4. The average Bonchev–Trinajstić information content (AvgIpc) is 2.51. The van der Waals surface area contributed by atoms with Crippen LogP contribution in [0.1, 0.15) is 40.5 Å². The second kappa shape index (κ2) is 6.92. The maximum atomic E-state index is 12.6. The van der Waals surface area contributed by atoms with Crippen molar-refractivity contribution in [1.82, 2.24) is 9.80 Å². The molecule has 3 N–H and O–H groups in total. The molecule has 1 fully saturated rings. The number of hydrogen-bond donors (Lipinski definition) is 2. The number of piperazine rings is 1. The van der Waals surface area contributed by atoms with E-state index in [1.807, 2.05) is 11.8 Å². The summed E-state index contributed by atoms with van der Waals surface area (Å²) in [4.78, 5) is 16.9. The van der Waals surface area contributed by atoms with E-state index in [9.17, 15) is 4.79 Å². The van der Waals surface area contributed by atoms with E-state index in [1.54, 1.807) is 6.92 Å². The lowest BCUT2D eigenvalue weighted by Gasteiger charge is -2.41. The van der Waals surface area contributed by atoms with E-state index >= 15 is 0 Å². The Bertz CT molecular complexity index is 364. The van der Waals surface area contributed by atoms with E-state index in [1.165, 1.54) is 0 Å². The Morgan fingerprint density at radius 2 is 1.90 bits per heavy atom. The molecule has 6 heteroatoms. The van der Waals surface area contributed by atoms with Crippen LogP contribution in [0.25, 0.3) is 0 Å². The van der Waals surface area contributed by atoms with Crippen molar-refractivity contribution in [3.63, 3.8) is 0 Å². The summed E-state index contributed by atoms with van der Waals surface area (Å²) < 4.78 is 0. The molecule has 116 valence electrons. The van der Waals surface area contributed by atoms with Crippen LogP contribution in [0.2, 0.25) is 0 Å². The van der Waals surface area contributed by atoms with Gasteiger partial charge in [0.25, 0.3) is 0 Å². The first-order valence-electron chi connectivity index (χ1n) is 7.42. The van der Waals surface area contributed by atoms with Crippen LogP contribution in [-0.2, 0) is 4.79 Å². The highest BCUT2D eigenvalue weighted by atomic mass is 16.4. The summed E-state index contributed by atoms with van der Waals surface area (Å²) in [5, 5.41) is 11.9. The van der Waals surface area contributed by atoms with Crippen molar-refractivity contribution in [3.8, 4) is 0 Å². The number of carbonyl (C=O) groups is 1. The lowest BCUT2D eigenvalue weighted by atomic mass is 9.84. The fraction of sp³-hybridized carbons (Fsp3) is 0.857. The largest absolute Gasteiger partial charge is 0.409 e. The van der Waals surface area contributed by atoms with Gasteiger partial charge in [-0.25, -0.2) is 0 Å². The summed E-state index contributed by atoms with van der Waals surface area (Å²) in [6.45, 7) is 11.2. The Hall–Kier alpha value is -1.30. The number of nitrogens with zero attached hydrogens (tertiary/aromatic N) is 3. The third kappa shape index (κ3) is 3.23. The van der Waals surface area contributed by atoms with E-state index in [0.29, 0.717) is 25.6 Å². The van der Waals surface area contributed by atoms with Gasteiger partial charge in [-0.05, 0) is 26.7 Å². The Kier molecular flexibility index (Phi) is 5.80. The molecule has 0 aromatic carbocycles. The van der Waals surface area contributed by atoms with E-state index < -0.39 is 5.41 Å². The van der Waals surface area contributed by atoms with Crippen LogP contribution in [0.4, 0.5) is 0 Å². The quantitative estimate of drug-likeness (QED) is 0.343. The number of hydrogen-bond acceptors (Lipinski definition) is 4. The van der Waals surface area contributed by atoms with Gasteiger partial charge in [-0.3, -0.25) is 9.69 Å². The second-order valence-corrected chi connectivity index (χ2v) is 5.76. The lowest BCUT2D eigenvalue weighted by Crippen LogP contribution is -2.56. The molecule has 1 aliphatic heterocycles. The molecule has 0 aliphatic carbocycles. The van der Waals surface area contributed by atoms with E-state index in [2.05, 4.69) is 23.9 Å². The van der Waals surface area contributed by atoms with Crippen molar-refractivity contribution in [2.75, 3.05) is 26.2 Å². The van der Waals surface area contributed by atoms with Crippen molar-refractivity contribution in [2.24, 2.45) is 16.3 Å². The first-order chi connectivity index (χ1) is 9.40. The molecule has 1 amide bonds. The van der Waals surface area contributed by atoms with Crippen LogP contribution < -0.4 is 5.73 Å². The summed E-state index contributed by atoms with van der Waals surface area (Å²) in [5.41, 5.74) is 4.80. The van der Waals surface area contributed by atoms with Crippen LogP contribution in [-0.4, -0.2) is 59.0 Å². The van der Waals surface area contributed by atoms with Gasteiger partial charge in [0.2, 0.25) is 5.91 Å². The molecule has 1 aliphatic rings. The number of rotatable bonds is 5. The van der Waals surface area contributed by atoms with Crippen LogP contribution in [0, 0.1) is 5.41 Å². The van der Waals surface area contributed by atoms with E-state index in [0.717, 1.165) is 19.5 Å². The van der Waals surface area contributed by atoms with Gasteiger partial charge in [0.05, 0.1) is 0 Å². The highest BCUT2D eigenvalue weighted by Crippen LogP contribution is 2.25. The average molecular weight is 284 g/mol. The minimum Gasteiger partial charge on any atom is -0.409 e. The molecular weight excluding hydrogens is 256 g/mol. The molecule has 0 bridgehead atoms. The van der Waals surface area contributed by atoms with Gasteiger partial charge < -0.3 is 15.8 Å². The monoisotopic (exact) mass is 284 g/mol. The Morgan fingerprint density at radius 1 is 1.35 bits per heavy atom. The minimum atomic E-state index is -0.909. The summed E-state index contributed by atoms with van der Waals surface area (Å²) in [5.74, 6) is -0.0477. The van der Waals surface area contributed by atoms with Gasteiger partial charge in [-0.2, -0.15) is 0 Å². The van der Waals surface area contributed by atoms with Gasteiger partial charge in [0.1, 0.15) is 5.41 Å². The first-order valence-corrected chi connectivity index (χ1v) is 7.42. The number of nitrogens with two attached hydrogens (primary N) is 1. The zero-order valence-corrected chi connectivity index (χ0v) is 13.1. The summed E-state index contributed by atoms with van der Waals surface area (Å²) in [6, 6.07) is 0.550. The highest BCUT2D eigenvalue weighted by molar-refractivity contribution is 6.06. The topological polar surface area (TPSA) is 82.2 Å². The second-order valence-electron chi connectivity index (χ2n) is 5.76. The number of carbonyl (C=O) groups excluding carboxylic acids is 1. The molecule has 0 spiro atoms. The Balaban J connectivity index is 2.71. The fourth-order valence-electron chi connectivity index (χ4n) is 2.53. The zero-order valence-electron chi connectivity index (χ0n) is 13.1. The van der Waals surface area contributed by atoms with Crippen LogP contribution in [0.15, 0.2) is 5.16 Å². The third-order valence-electron chi connectivity index (χ3n) is 4.67. The van der Waals surface area contributed by atoms with Crippen LogP contribution in [0.5, 0.6) is 0 Å². The van der Waals surface area contributed by atoms with Gasteiger partial charge >= 0.3 is 0 Å². The van der Waals surface area contributed by atoms with Crippen molar-refractivity contribution >= 4 is 11.7 Å². The van der Waals surface area contributed by atoms with Crippen molar-refractivity contribution in [2.45, 2.75) is 46.6 Å². The molecular formula is C14H28N4O2. The number of oxime groups is 1. The maximum Gasteiger partial charge on any atom is 0.236 e. The van der Waals surface area contributed by atoms with E-state index in [4.69, 9.17) is 10.9 Å². The SMILES string of the molecule is CCC(C)N1CCN(C(=O)C(C)(CC)C(N)=NO)CC1.